The van der Waals surface area contributed by atoms with Crippen LogP contribution in [0.1, 0.15) is 6.92 Å². The van der Waals surface area contributed by atoms with Crippen LogP contribution in [0, 0.1) is 0 Å². The molecule has 0 aliphatic rings. The highest BCUT2D eigenvalue weighted by molar-refractivity contribution is 7.39. The van der Waals surface area contributed by atoms with E-state index >= 15 is 0 Å². The largest absolute Gasteiger partial charge is 0.540 e. The van der Waals surface area contributed by atoms with Gasteiger partial charge in [0.2, 0.25) is 0 Å². The van der Waals surface area contributed by atoms with Gasteiger partial charge < -0.3 is 5.11 Å². The van der Waals surface area contributed by atoms with Crippen molar-refractivity contribution in [2.24, 2.45) is 0 Å². The summed E-state index contributed by atoms with van der Waals surface area (Å²) in [5.41, 5.74) is 0. The first-order valence-electron chi connectivity index (χ1n) is 2.51. The number of hydrogen-bond acceptors (Lipinski definition) is 3. The Bertz CT molecular complexity index is 95.8. The molecule has 0 spiro atoms. The highest BCUT2D eigenvalue weighted by Crippen LogP contribution is 2.26. The van der Waals surface area contributed by atoms with E-state index < -0.39 is 20.5 Å². The Kier molecular flexibility index (Phi) is 4.77. The molecule has 0 saturated heterocycles. The number of hydrogen-bond donors (Lipinski definition) is 1. The quantitative estimate of drug-likeness (QED) is 0.617. The Balaban J connectivity index is 3.28. The molecule has 0 aromatic heterocycles. The molecule has 2 unspecified atom stereocenters. The van der Waals surface area contributed by atoms with Crippen LogP contribution in [0.2, 0.25) is 0 Å². The van der Waals surface area contributed by atoms with E-state index in [1.807, 2.05) is 0 Å². The summed E-state index contributed by atoms with van der Waals surface area (Å²) >= 11 is 0. The van der Waals surface area contributed by atoms with E-state index in [-0.39, 0.29) is 6.61 Å². The highest BCUT2D eigenvalue weighted by Gasteiger charge is 2.24. The predicted octanol–water partition coefficient (Wildman–Crippen LogP) is 1.05. The van der Waals surface area contributed by atoms with E-state index in [0.29, 0.717) is 0 Å². The van der Waals surface area contributed by atoms with Gasteiger partial charge in [0, 0.05) is 6.92 Å². The average Bonchev–Trinajstić information content (AvgIpc) is 1.82. The Hall–Kier alpha value is -0.0500. The summed E-state index contributed by atoms with van der Waals surface area (Å²) in [6.45, 7) is 0.449. The minimum atomic E-state index is -2.08. The molecule has 0 amide bonds. The fourth-order valence-electron chi connectivity index (χ4n) is 0.232. The molecule has 1 N–H and O–H groups in total. The maximum atomic E-state index is 11.3. The Morgan fingerprint density at radius 3 is 2.78 bits per heavy atom. The van der Waals surface area contributed by atoms with Crippen LogP contribution in [0.4, 0.5) is 4.39 Å². The molecule has 9 heavy (non-hydrogen) atoms. The van der Waals surface area contributed by atoms with Crippen molar-refractivity contribution in [1.82, 2.24) is 0 Å². The second-order valence-corrected chi connectivity index (χ2v) is 3.02. The maximum Gasteiger partial charge on any atom is 0.540 e. The summed E-state index contributed by atoms with van der Waals surface area (Å²) in [5, 5.41) is 8.52. The predicted molar refractivity (Wildman–Crippen MR) is 31.2 cm³/mol. The molecule has 3 nitrogen and oxygen atoms in total. The summed E-state index contributed by atoms with van der Waals surface area (Å²) in [7, 11) is -2.08. The van der Waals surface area contributed by atoms with Crippen molar-refractivity contribution in [2.75, 3.05) is 13.3 Å². The number of aliphatic hydroxyl groups is 1. The first-order chi connectivity index (χ1) is 4.18. The lowest BCUT2D eigenvalue weighted by atomic mass is 10.9. The molecule has 0 fully saturated rings. The van der Waals surface area contributed by atoms with Crippen molar-refractivity contribution >= 4 is 8.03 Å². The Morgan fingerprint density at radius 1 is 1.89 bits per heavy atom. The monoisotopic (exact) mass is 155 g/mol. The first kappa shape index (κ1) is 8.95. The first-order valence-corrected chi connectivity index (χ1v) is 3.76. The standard InChI is InChI=1S/C4H9FO3P/c1-4(6)9(7)8-3-2-5/h4,6H,2-3H2,1H3/q+1. The molecular formula is C4H9FO3P+. The van der Waals surface area contributed by atoms with E-state index in [1.165, 1.54) is 6.92 Å². The second-order valence-electron chi connectivity index (χ2n) is 1.44. The fraction of sp³-hybridized carbons (Fsp3) is 1.00. The van der Waals surface area contributed by atoms with Gasteiger partial charge in [0.15, 0.2) is 0 Å². The SMILES string of the molecule is CC(O)[P+](=O)OCCF. The van der Waals surface area contributed by atoms with Crippen LogP contribution >= 0.6 is 8.03 Å². The number of aliphatic hydroxyl groups excluding tert-OH is 1. The van der Waals surface area contributed by atoms with Gasteiger partial charge in [0.25, 0.3) is 5.85 Å². The van der Waals surface area contributed by atoms with Crippen LogP contribution in [0.3, 0.4) is 0 Å². The zero-order valence-electron chi connectivity index (χ0n) is 5.08. The summed E-state index contributed by atoms with van der Waals surface area (Å²) in [6.07, 6.45) is 0. The fourth-order valence-corrected chi connectivity index (χ4v) is 0.697. The molecule has 0 saturated carbocycles. The highest BCUT2D eigenvalue weighted by atomic mass is 31.1. The summed E-state index contributed by atoms with van der Waals surface area (Å²) in [5.74, 6) is -1.01. The molecule has 0 radical (unpaired) electrons. The number of alkyl halides is 1. The molecule has 5 heteroatoms. The van der Waals surface area contributed by atoms with E-state index in [0.717, 1.165) is 0 Å². The average molecular weight is 155 g/mol. The zero-order chi connectivity index (χ0) is 7.28. The van der Waals surface area contributed by atoms with Gasteiger partial charge in [-0.05, 0) is 4.57 Å². The van der Waals surface area contributed by atoms with Crippen molar-refractivity contribution in [3.05, 3.63) is 0 Å². The lowest BCUT2D eigenvalue weighted by Gasteiger charge is -1.86. The smallest absolute Gasteiger partial charge is 0.349 e. The third-order valence-corrected chi connectivity index (χ3v) is 1.65. The molecule has 2 atom stereocenters. The molecule has 0 aromatic carbocycles. The van der Waals surface area contributed by atoms with Gasteiger partial charge >= 0.3 is 8.03 Å². The maximum absolute atomic E-state index is 11.3. The number of rotatable bonds is 4. The normalized spacial score (nSPS) is 15.2. The van der Waals surface area contributed by atoms with Gasteiger partial charge in [0.1, 0.15) is 13.3 Å². The van der Waals surface area contributed by atoms with Crippen molar-refractivity contribution in [3.63, 3.8) is 0 Å². The summed E-state index contributed by atoms with van der Waals surface area (Å²) in [4.78, 5) is 0. The van der Waals surface area contributed by atoms with Crippen LogP contribution in [0.5, 0.6) is 0 Å². The van der Waals surface area contributed by atoms with Crippen molar-refractivity contribution < 1.29 is 18.6 Å². The third-order valence-electron chi connectivity index (χ3n) is 0.601. The van der Waals surface area contributed by atoms with Crippen LogP contribution in [-0.2, 0) is 9.09 Å². The molecule has 0 rings (SSSR count). The molecule has 0 bridgehead atoms. The van der Waals surface area contributed by atoms with E-state index in [2.05, 4.69) is 4.52 Å². The molecule has 0 aliphatic carbocycles. The topological polar surface area (TPSA) is 46.5 Å². The van der Waals surface area contributed by atoms with Gasteiger partial charge in [-0.3, -0.25) is 0 Å². The number of halogens is 1. The van der Waals surface area contributed by atoms with Crippen LogP contribution in [0.25, 0.3) is 0 Å². The van der Waals surface area contributed by atoms with Crippen molar-refractivity contribution in [1.29, 1.82) is 0 Å². The molecular weight excluding hydrogens is 146 g/mol. The Morgan fingerprint density at radius 2 is 2.44 bits per heavy atom. The molecule has 0 heterocycles. The van der Waals surface area contributed by atoms with E-state index in [9.17, 15) is 8.96 Å². The van der Waals surface area contributed by atoms with Gasteiger partial charge in [-0.25, -0.2) is 4.39 Å². The van der Waals surface area contributed by atoms with Gasteiger partial charge in [-0.1, -0.05) is 0 Å². The molecule has 0 aliphatic heterocycles. The Labute approximate surface area is 53.7 Å². The molecule has 0 aromatic rings. The zero-order valence-corrected chi connectivity index (χ0v) is 5.97. The van der Waals surface area contributed by atoms with E-state index in [4.69, 9.17) is 5.11 Å². The van der Waals surface area contributed by atoms with Crippen LogP contribution in [-0.4, -0.2) is 24.2 Å². The van der Waals surface area contributed by atoms with Crippen LogP contribution < -0.4 is 0 Å². The van der Waals surface area contributed by atoms with Gasteiger partial charge in [-0.15, -0.1) is 4.52 Å². The second kappa shape index (κ2) is 4.79. The van der Waals surface area contributed by atoms with E-state index in [1.54, 1.807) is 0 Å². The lowest BCUT2D eigenvalue weighted by molar-refractivity contribution is 0.222. The lowest BCUT2D eigenvalue weighted by Crippen LogP contribution is -1.96. The summed E-state index contributed by atoms with van der Waals surface area (Å²) < 4.78 is 26.0. The van der Waals surface area contributed by atoms with Crippen molar-refractivity contribution in [3.8, 4) is 0 Å². The van der Waals surface area contributed by atoms with Gasteiger partial charge in [-0.2, -0.15) is 0 Å². The summed E-state index contributed by atoms with van der Waals surface area (Å²) in [6, 6.07) is 0. The minimum Gasteiger partial charge on any atom is -0.349 e. The van der Waals surface area contributed by atoms with Crippen LogP contribution in [0.15, 0.2) is 0 Å². The molecule has 54 valence electrons. The minimum absolute atomic E-state index is 0.208. The van der Waals surface area contributed by atoms with Gasteiger partial charge in [0.05, 0.1) is 0 Å². The van der Waals surface area contributed by atoms with Crippen molar-refractivity contribution in [2.45, 2.75) is 12.8 Å². The third kappa shape index (κ3) is 4.45.